The molecule has 1 N–H and O–H groups in total. The van der Waals surface area contributed by atoms with Crippen LogP contribution in [-0.4, -0.2) is 6.61 Å². The van der Waals surface area contributed by atoms with Gasteiger partial charge in [0.2, 0.25) is 5.88 Å². The maximum atomic E-state index is 13.0. The van der Waals surface area contributed by atoms with E-state index in [1.807, 2.05) is 0 Å². The van der Waals surface area contributed by atoms with Gasteiger partial charge in [-0.2, -0.15) is 0 Å². The van der Waals surface area contributed by atoms with Crippen LogP contribution in [0.1, 0.15) is 19.4 Å². The Balaban J connectivity index is 2.57. The summed E-state index contributed by atoms with van der Waals surface area (Å²) >= 11 is 3.56. The number of allylic oxidation sites excluding steroid dienone is 2. The topological polar surface area (TPSA) is 45.4 Å². The predicted octanol–water partition coefficient (Wildman–Crippen LogP) is 4.86. The van der Waals surface area contributed by atoms with Crippen molar-refractivity contribution < 1.29 is 9.13 Å². The molecule has 0 aromatic heterocycles. The normalized spacial score (nSPS) is 15.8. The molecule has 1 aliphatic heterocycles. The van der Waals surface area contributed by atoms with E-state index in [2.05, 4.69) is 34.9 Å². The molecule has 3 nitrogen and oxygen atoms in total. The van der Waals surface area contributed by atoms with Crippen molar-refractivity contribution in [3.8, 4) is 0 Å². The molecule has 1 aliphatic rings. The number of halogens is 2. The highest BCUT2D eigenvalue weighted by atomic mass is 79.9. The van der Waals surface area contributed by atoms with Crippen molar-refractivity contribution in [1.29, 1.82) is 5.53 Å². The lowest BCUT2D eigenvalue weighted by Crippen LogP contribution is -2.12. The Bertz CT molecular complexity index is 561. The first-order valence-electron chi connectivity index (χ1n) is 5.94. The maximum Gasteiger partial charge on any atom is 0.242 e. The van der Waals surface area contributed by atoms with Crippen molar-refractivity contribution in [3.63, 3.8) is 0 Å². The van der Waals surface area contributed by atoms with E-state index in [4.69, 9.17) is 10.3 Å². The van der Waals surface area contributed by atoms with Gasteiger partial charge in [-0.3, -0.25) is 0 Å². The summed E-state index contributed by atoms with van der Waals surface area (Å²) in [5.41, 5.74) is 9.78. The molecule has 2 rings (SSSR count). The Kier molecular flexibility index (Phi) is 4.14. The van der Waals surface area contributed by atoms with Crippen LogP contribution in [0, 0.1) is 17.3 Å². The molecular formula is C14H14BrFN2O. The summed E-state index contributed by atoms with van der Waals surface area (Å²) in [6.07, 6.45) is 0. The van der Waals surface area contributed by atoms with Gasteiger partial charge in [-0.25, -0.2) is 9.92 Å². The summed E-state index contributed by atoms with van der Waals surface area (Å²) in [5.74, 6) is 0.273. The Labute approximate surface area is 119 Å². The fourth-order valence-corrected chi connectivity index (χ4v) is 2.88. The second-order valence-electron chi connectivity index (χ2n) is 4.58. The first-order valence-corrected chi connectivity index (χ1v) is 6.73. The number of nitrogens with one attached hydrogen (secondary N) is 1. The molecule has 0 aliphatic carbocycles. The fraction of sp³-hybridized carbons (Fsp3) is 0.286. The van der Waals surface area contributed by atoms with Crippen LogP contribution < -0.4 is 0 Å². The average Bonchev–Trinajstić information content (AvgIpc) is 2.39. The quantitative estimate of drug-likeness (QED) is 0.793. The highest BCUT2D eigenvalue weighted by Crippen LogP contribution is 2.39. The van der Waals surface area contributed by atoms with Gasteiger partial charge in [0.05, 0.1) is 5.57 Å². The highest BCUT2D eigenvalue weighted by Gasteiger charge is 2.24. The number of ether oxygens (including phenoxy) is 1. The highest BCUT2D eigenvalue weighted by molar-refractivity contribution is 9.12. The maximum absolute atomic E-state index is 13.0. The summed E-state index contributed by atoms with van der Waals surface area (Å²) in [6, 6.07) is 6.08. The molecule has 0 fully saturated rings. The molecule has 100 valence electrons. The van der Waals surface area contributed by atoms with Gasteiger partial charge < -0.3 is 4.74 Å². The van der Waals surface area contributed by atoms with Crippen LogP contribution in [0.3, 0.4) is 0 Å². The van der Waals surface area contributed by atoms with Crippen LogP contribution in [0.4, 0.5) is 4.39 Å². The molecule has 19 heavy (non-hydrogen) atoms. The second kappa shape index (κ2) is 5.65. The number of benzene rings is 1. The minimum absolute atomic E-state index is 0.253. The van der Waals surface area contributed by atoms with E-state index in [9.17, 15) is 4.39 Å². The van der Waals surface area contributed by atoms with Crippen molar-refractivity contribution >= 4 is 21.5 Å². The van der Waals surface area contributed by atoms with E-state index >= 15 is 0 Å². The molecule has 0 unspecified atom stereocenters. The number of nitrogens with zero attached hydrogens (tertiary/aromatic N) is 1. The number of hydrogen-bond donors (Lipinski definition) is 1. The summed E-state index contributed by atoms with van der Waals surface area (Å²) in [4.78, 5) is 0. The third-order valence-corrected chi connectivity index (χ3v) is 3.92. The van der Waals surface area contributed by atoms with Gasteiger partial charge in [-0.1, -0.05) is 26.0 Å². The monoisotopic (exact) mass is 324 g/mol. The summed E-state index contributed by atoms with van der Waals surface area (Å²) in [6.45, 7) is 4.57. The lowest BCUT2D eigenvalue weighted by molar-refractivity contribution is 0.222. The zero-order valence-electron chi connectivity index (χ0n) is 10.7. The van der Waals surface area contributed by atoms with Crippen LogP contribution in [0.25, 0.3) is 5.57 Å². The molecule has 1 heterocycles. The minimum atomic E-state index is -0.297. The lowest BCUT2D eigenvalue weighted by atomic mass is 9.96. The van der Waals surface area contributed by atoms with Gasteiger partial charge in [0, 0.05) is 4.48 Å². The molecular weight excluding hydrogens is 311 g/mol. The third-order valence-electron chi connectivity index (χ3n) is 3.01. The van der Waals surface area contributed by atoms with Crippen molar-refractivity contribution in [2.45, 2.75) is 13.8 Å². The largest absolute Gasteiger partial charge is 0.472 e. The molecule has 1 aromatic carbocycles. The Morgan fingerprint density at radius 1 is 1.32 bits per heavy atom. The standard InChI is InChI=1S/C14H14BrFN2O/c1-8(2)11-7-19-14(18-17)12(13(11)15)9-3-5-10(16)6-4-9/h3-6,8,17H,7H2,1-2H3. The van der Waals surface area contributed by atoms with Crippen molar-refractivity contribution in [1.82, 2.24) is 0 Å². The molecule has 5 heteroatoms. The fourth-order valence-electron chi connectivity index (χ4n) is 1.91. The molecule has 0 bridgehead atoms. The van der Waals surface area contributed by atoms with Crippen LogP contribution in [0.5, 0.6) is 0 Å². The van der Waals surface area contributed by atoms with E-state index in [1.165, 1.54) is 12.1 Å². The first kappa shape index (κ1) is 13.9. The van der Waals surface area contributed by atoms with Gasteiger partial charge >= 0.3 is 0 Å². The van der Waals surface area contributed by atoms with E-state index < -0.39 is 0 Å². The zero-order chi connectivity index (χ0) is 14.0. The van der Waals surface area contributed by atoms with Crippen molar-refractivity contribution in [3.05, 3.63) is 51.6 Å². The SMILES string of the molecule is CC(C)C1=C(Br)C(c2ccc(F)cc2)=C(N=N)OC1. The van der Waals surface area contributed by atoms with Gasteiger partial charge in [-0.15, -0.1) is 5.11 Å². The summed E-state index contributed by atoms with van der Waals surface area (Å²) < 4.78 is 19.4. The molecule has 0 saturated heterocycles. The zero-order valence-corrected chi connectivity index (χ0v) is 12.3. The van der Waals surface area contributed by atoms with E-state index in [1.54, 1.807) is 12.1 Å². The van der Waals surface area contributed by atoms with Gasteiger partial charge in [0.1, 0.15) is 12.4 Å². The molecule has 0 saturated carbocycles. The predicted molar refractivity (Wildman–Crippen MR) is 75.2 cm³/mol. The molecule has 0 amide bonds. The molecule has 0 spiro atoms. The van der Waals surface area contributed by atoms with E-state index in [0.717, 1.165) is 15.6 Å². The van der Waals surface area contributed by atoms with Gasteiger partial charge in [0.25, 0.3) is 0 Å². The van der Waals surface area contributed by atoms with Gasteiger partial charge in [0.15, 0.2) is 0 Å². The first-order chi connectivity index (χ1) is 9.04. The van der Waals surface area contributed by atoms with Crippen LogP contribution >= 0.6 is 15.9 Å². The summed E-state index contributed by atoms with van der Waals surface area (Å²) in [5, 5.41) is 3.42. The minimum Gasteiger partial charge on any atom is -0.472 e. The van der Waals surface area contributed by atoms with E-state index in [-0.39, 0.29) is 11.7 Å². The Morgan fingerprint density at radius 3 is 2.47 bits per heavy atom. The van der Waals surface area contributed by atoms with Crippen molar-refractivity contribution in [2.75, 3.05) is 6.61 Å². The molecule has 0 radical (unpaired) electrons. The Morgan fingerprint density at radius 2 is 1.95 bits per heavy atom. The summed E-state index contributed by atoms with van der Waals surface area (Å²) in [7, 11) is 0. The van der Waals surface area contributed by atoms with Gasteiger partial charge in [-0.05, 0) is 45.1 Å². The number of rotatable bonds is 3. The lowest BCUT2D eigenvalue weighted by Gasteiger charge is -2.23. The van der Waals surface area contributed by atoms with Crippen LogP contribution in [0.2, 0.25) is 0 Å². The second-order valence-corrected chi connectivity index (χ2v) is 5.37. The third kappa shape index (κ3) is 2.76. The number of hydrogen-bond acceptors (Lipinski definition) is 3. The molecule has 0 atom stereocenters. The van der Waals surface area contributed by atoms with E-state index in [0.29, 0.717) is 18.1 Å². The smallest absolute Gasteiger partial charge is 0.242 e. The Hall–Kier alpha value is -1.49. The molecule has 1 aromatic rings. The van der Waals surface area contributed by atoms with Crippen molar-refractivity contribution in [2.24, 2.45) is 11.0 Å². The van der Waals surface area contributed by atoms with Crippen LogP contribution in [-0.2, 0) is 4.74 Å². The average molecular weight is 325 g/mol. The van der Waals surface area contributed by atoms with Crippen LogP contribution in [0.15, 0.2) is 45.3 Å².